The molecular formula is C20H20N2. The zero-order valence-electron chi connectivity index (χ0n) is 12.8. The maximum atomic E-state index is 5.10. The van der Waals surface area contributed by atoms with E-state index in [0.29, 0.717) is 12.1 Å². The molecule has 0 aliphatic heterocycles. The zero-order chi connectivity index (χ0) is 14.5. The summed E-state index contributed by atoms with van der Waals surface area (Å²) in [4.78, 5) is 10.2. The van der Waals surface area contributed by atoms with Crippen molar-refractivity contribution in [2.75, 3.05) is 0 Å². The van der Waals surface area contributed by atoms with Gasteiger partial charge in [-0.05, 0) is 43.9 Å². The molecule has 3 aliphatic carbocycles. The number of hydrogen-bond donors (Lipinski definition) is 0. The second-order valence-corrected chi connectivity index (χ2v) is 6.83. The van der Waals surface area contributed by atoms with Gasteiger partial charge < -0.3 is 0 Å². The molecule has 0 aromatic heterocycles. The topological polar surface area (TPSA) is 24.7 Å². The molecule has 0 saturated heterocycles. The van der Waals surface area contributed by atoms with Gasteiger partial charge >= 0.3 is 0 Å². The molecule has 0 radical (unpaired) electrons. The summed E-state index contributed by atoms with van der Waals surface area (Å²) in [7, 11) is 0. The third-order valence-electron chi connectivity index (χ3n) is 5.41. The maximum Gasteiger partial charge on any atom is 0.0914 e. The molecule has 2 nitrogen and oxygen atoms in total. The highest BCUT2D eigenvalue weighted by atomic mass is 14.9. The molecule has 0 unspecified atom stereocenters. The average Bonchev–Trinajstić information content (AvgIpc) is 2.75. The van der Waals surface area contributed by atoms with Gasteiger partial charge in [-0.15, -0.1) is 0 Å². The first-order chi connectivity index (χ1) is 10.9. The van der Waals surface area contributed by atoms with Gasteiger partial charge in [0.1, 0.15) is 0 Å². The molecule has 0 bridgehead atoms. The molecule has 2 saturated carbocycles. The Morgan fingerprint density at radius 1 is 0.682 bits per heavy atom. The van der Waals surface area contributed by atoms with E-state index in [1.54, 1.807) is 0 Å². The zero-order valence-corrected chi connectivity index (χ0v) is 12.8. The number of aliphatic imine (C=N–C) groups is 2. The quantitative estimate of drug-likeness (QED) is 0.775. The molecule has 3 aliphatic rings. The molecule has 5 rings (SSSR count). The molecule has 2 aromatic rings. The highest BCUT2D eigenvalue weighted by Crippen LogP contribution is 2.35. The summed E-state index contributed by atoms with van der Waals surface area (Å²) in [5.74, 6) is 0. The molecule has 110 valence electrons. The predicted octanol–water partition coefficient (Wildman–Crippen LogP) is 4.54. The van der Waals surface area contributed by atoms with Crippen molar-refractivity contribution in [1.29, 1.82) is 0 Å². The normalized spacial score (nSPS) is 24.9. The second-order valence-electron chi connectivity index (χ2n) is 6.83. The van der Waals surface area contributed by atoms with Crippen molar-refractivity contribution in [2.45, 2.75) is 50.6 Å². The van der Waals surface area contributed by atoms with Crippen LogP contribution in [0.15, 0.2) is 46.4 Å². The van der Waals surface area contributed by atoms with Gasteiger partial charge in [0, 0.05) is 16.5 Å². The first-order valence-electron chi connectivity index (χ1n) is 8.58. The molecule has 0 N–H and O–H groups in total. The lowest BCUT2D eigenvalue weighted by molar-refractivity contribution is 0.418. The minimum atomic E-state index is 0.520. The van der Waals surface area contributed by atoms with Gasteiger partial charge in [-0.1, -0.05) is 36.4 Å². The Hall–Kier alpha value is -1.96. The summed E-state index contributed by atoms with van der Waals surface area (Å²) in [6.45, 7) is 0. The third kappa shape index (κ3) is 1.79. The van der Waals surface area contributed by atoms with Crippen LogP contribution in [-0.2, 0) is 0 Å². The van der Waals surface area contributed by atoms with Crippen molar-refractivity contribution >= 4 is 22.2 Å². The van der Waals surface area contributed by atoms with Crippen LogP contribution in [-0.4, -0.2) is 23.5 Å². The second kappa shape index (κ2) is 4.77. The van der Waals surface area contributed by atoms with Crippen molar-refractivity contribution < 1.29 is 0 Å². The number of rotatable bonds is 2. The molecule has 0 amide bonds. The largest absolute Gasteiger partial charge is 0.279 e. The van der Waals surface area contributed by atoms with E-state index in [0.717, 1.165) is 0 Å². The fourth-order valence-corrected chi connectivity index (χ4v) is 3.65. The van der Waals surface area contributed by atoms with Gasteiger partial charge in [0.15, 0.2) is 0 Å². The van der Waals surface area contributed by atoms with Crippen LogP contribution in [0.4, 0.5) is 0 Å². The first-order valence-corrected chi connectivity index (χ1v) is 8.58. The fourth-order valence-electron chi connectivity index (χ4n) is 3.65. The molecule has 2 aromatic carbocycles. The molecule has 2 heteroatoms. The third-order valence-corrected chi connectivity index (χ3v) is 5.41. The Labute approximate surface area is 131 Å². The average molecular weight is 288 g/mol. The van der Waals surface area contributed by atoms with Crippen LogP contribution >= 0.6 is 0 Å². The van der Waals surface area contributed by atoms with E-state index < -0.39 is 0 Å². The number of hydrogen-bond acceptors (Lipinski definition) is 2. The van der Waals surface area contributed by atoms with Gasteiger partial charge in [-0.25, -0.2) is 0 Å². The predicted molar refractivity (Wildman–Crippen MR) is 92.3 cm³/mol. The monoisotopic (exact) mass is 288 g/mol. The lowest BCUT2D eigenvalue weighted by atomic mass is 9.92. The van der Waals surface area contributed by atoms with Crippen LogP contribution in [0.25, 0.3) is 10.8 Å². The highest BCUT2D eigenvalue weighted by Gasteiger charge is 2.30. The van der Waals surface area contributed by atoms with Crippen molar-refractivity contribution in [3.8, 4) is 0 Å². The molecule has 0 heterocycles. The number of nitrogens with zero attached hydrogens (tertiary/aromatic N) is 2. The van der Waals surface area contributed by atoms with Gasteiger partial charge in [0.05, 0.1) is 23.5 Å². The van der Waals surface area contributed by atoms with Crippen molar-refractivity contribution in [3.63, 3.8) is 0 Å². The Morgan fingerprint density at radius 3 is 1.59 bits per heavy atom. The molecule has 0 atom stereocenters. The van der Waals surface area contributed by atoms with Crippen molar-refractivity contribution in [1.82, 2.24) is 0 Å². The van der Waals surface area contributed by atoms with E-state index in [1.807, 2.05) is 0 Å². The smallest absolute Gasteiger partial charge is 0.0914 e. The molecule has 22 heavy (non-hydrogen) atoms. The minimum absolute atomic E-state index is 0.520. The standard InChI is InChI=1S/C20H20N2/c1-5-13-6-2-12-17-18(13)16(11-1)19(21-14-7-3-8-14)20(17)22-15-9-4-10-15/h1-2,5-6,11-12,14-15H,3-4,7-10H2. The van der Waals surface area contributed by atoms with Gasteiger partial charge in [-0.2, -0.15) is 0 Å². The van der Waals surface area contributed by atoms with E-state index in [9.17, 15) is 0 Å². The van der Waals surface area contributed by atoms with E-state index in [1.165, 1.54) is 71.8 Å². The van der Waals surface area contributed by atoms with Crippen LogP contribution < -0.4 is 0 Å². The number of benzene rings is 2. The Balaban J connectivity index is 1.73. The van der Waals surface area contributed by atoms with E-state index >= 15 is 0 Å². The first kappa shape index (κ1) is 12.6. The SMILES string of the molecule is c1cc2c3c(cccc3c1)C(=NC1CCC1)C2=NC1CCC1. The van der Waals surface area contributed by atoms with Crippen LogP contribution in [0.5, 0.6) is 0 Å². The van der Waals surface area contributed by atoms with Crippen LogP contribution in [0.1, 0.15) is 49.7 Å². The van der Waals surface area contributed by atoms with Crippen molar-refractivity contribution in [2.24, 2.45) is 9.98 Å². The van der Waals surface area contributed by atoms with Gasteiger partial charge in [-0.3, -0.25) is 9.98 Å². The Morgan fingerprint density at radius 2 is 1.18 bits per heavy atom. The highest BCUT2D eigenvalue weighted by molar-refractivity contribution is 6.61. The minimum Gasteiger partial charge on any atom is -0.279 e. The van der Waals surface area contributed by atoms with Crippen LogP contribution in [0, 0.1) is 0 Å². The summed E-state index contributed by atoms with van der Waals surface area (Å²) in [6, 6.07) is 14.2. The van der Waals surface area contributed by atoms with E-state index in [-0.39, 0.29) is 0 Å². The van der Waals surface area contributed by atoms with E-state index in [4.69, 9.17) is 9.98 Å². The van der Waals surface area contributed by atoms with Crippen LogP contribution in [0.2, 0.25) is 0 Å². The lowest BCUT2D eigenvalue weighted by Gasteiger charge is -2.24. The summed E-state index contributed by atoms with van der Waals surface area (Å²) in [6.07, 6.45) is 7.62. The lowest BCUT2D eigenvalue weighted by Crippen LogP contribution is -2.24. The summed E-state index contributed by atoms with van der Waals surface area (Å²) >= 11 is 0. The maximum absolute atomic E-state index is 5.10. The summed E-state index contributed by atoms with van der Waals surface area (Å²) < 4.78 is 0. The van der Waals surface area contributed by atoms with Crippen molar-refractivity contribution in [3.05, 3.63) is 47.5 Å². The van der Waals surface area contributed by atoms with Gasteiger partial charge in [0.2, 0.25) is 0 Å². The van der Waals surface area contributed by atoms with Gasteiger partial charge in [0.25, 0.3) is 0 Å². The molecular weight excluding hydrogens is 268 g/mol. The summed E-state index contributed by atoms with van der Waals surface area (Å²) in [5, 5.41) is 2.68. The van der Waals surface area contributed by atoms with E-state index in [2.05, 4.69) is 36.4 Å². The van der Waals surface area contributed by atoms with Crippen LogP contribution in [0.3, 0.4) is 0 Å². The fraction of sp³-hybridized carbons (Fsp3) is 0.400. The molecule has 0 spiro atoms. The summed E-state index contributed by atoms with van der Waals surface area (Å²) in [5.41, 5.74) is 4.95. The Bertz CT molecular complexity index is 743. The molecule has 2 fully saturated rings. The Kier molecular flexibility index (Phi) is 2.73.